The van der Waals surface area contributed by atoms with E-state index in [-0.39, 0.29) is 5.91 Å². The van der Waals surface area contributed by atoms with Crippen LogP contribution in [0.3, 0.4) is 0 Å². The molecule has 3 aromatic carbocycles. The first-order valence-electron chi connectivity index (χ1n) is 9.20. The van der Waals surface area contributed by atoms with Crippen molar-refractivity contribution in [2.45, 2.75) is 6.92 Å². The molecule has 3 aromatic rings. The zero-order chi connectivity index (χ0) is 21.3. The highest BCUT2D eigenvalue weighted by molar-refractivity contribution is 9.10. The van der Waals surface area contributed by atoms with Gasteiger partial charge in [0.05, 0.1) is 18.4 Å². The van der Waals surface area contributed by atoms with Gasteiger partial charge in [-0.1, -0.05) is 12.1 Å². The van der Waals surface area contributed by atoms with Gasteiger partial charge in [0, 0.05) is 10.0 Å². The number of hydrazone groups is 1. The van der Waals surface area contributed by atoms with Crippen LogP contribution in [0, 0.1) is 0 Å². The number of nitrogens with one attached hydrogen (secondary N) is 1. The van der Waals surface area contributed by atoms with Gasteiger partial charge in [-0.15, -0.1) is 0 Å². The molecule has 0 radical (unpaired) electrons. The number of esters is 1. The van der Waals surface area contributed by atoms with Crippen molar-refractivity contribution in [3.8, 4) is 11.5 Å². The Morgan fingerprint density at radius 3 is 2.30 bits per heavy atom. The van der Waals surface area contributed by atoms with Gasteiger partial charge in [0.25, 0.3) is 5.91 Å². The number of carbonyl (C=O) groups excluding carboxylic acids is 2. The molecule has 0 saturated heterocycles. The Labute approximate surface area is 182 Å². The highest BCUT2D eigenvalue weighted by Crippen LogP contribution is 2.19. The molecule has 1 amide bonds. The lowest BCUT2D eigenvalue weighted by Crippen LogP contribution is -2.17. The second kappa shape index (κ2) is 10.4. The van der Waals surface area contributed by atoms with E-state index in [0.717, 1.165) is 5.56 Å². The predicted octanol–water partition coefficient (Wildman–Crippen LogP) is 4.83. The number of halogens is 1. The van der Waals surface area contributed by atoms with Gasteiger partial charge in [0.1, 0.15) is 11.5 Å². The van der Waals surface area contributed by atoms with Crippen molar-refractivity contribution < 1.29 is 19.1 Å². The van der Waals surface area contributed by atoms with E-state index in [0.29, 0.717) is 33.7 Å². The van der Waals surface area contributed by atoms with Crippen LogP contribution in [0.1, 0.15) is 33.2 Å². The summed E-state index contributed by atoms with van der Waals surface area (Å²) in [6.07, 6.45) is 1.51. The summed E-state index contributed by atoms with van der Waals surface area (Å²) in [5.41, 5.74) is 4.13. The average molecular weight is 467 g/mol. The maximum absolute atomic E-state index is 12.2. The smallest absolute Gasteiger partial charge is 0.344 e. The molecule has 7 heteroatoms. The van der Waals surface area contributed by atoms with Crippen LogP contribution in [-0.2, 0) is 0 Å². The molecule has 0 aliphatic carbocycles. The van der Waals surface area contributed by atoms with Gasteiger partial charge in [-0.25, -0.2) is 10.2 Å². The van der Waals surface area contributed by atoms with Crippen molar-refractivity contribution in [3.63, 3.8) is 0 Å². The van der Waals surface area contributed by atoms with Crippen molar-refractivity contribution in [2.75, 3.05) is 6.61 Å². The molecule has 0 heterocycles. The van der Waals surface area contributed by atoms with Crippen LogP contribution in [0.5, 0.6) is 11.5 Å². The molecule has 6 nitrogen and oxygen atoms in total. The number of nitrogens with zero attached hydrogens (tertiary/aromatic N) is 1. The Morgan fingerprint density at radius 2 is 1.63 bits per heavy atom. The zero-order valence-electron chi connectivity index (χ0n) is 16.2. The van der Waals surface area contributed by atoms with E-state index in [1.54, 1.807) is 66.7 Å². The molecule has 1 N–H and O–H groups in total. The van der Waals surface area contributed by atoms with Crippen LogP contribution in [0.2, 0.25) is 0 Å². The van der Waals surface area contributed by atoms with E-state index >= 15 is 0 Å². The summed E-state index contributed by atoms with van der Waals surface area (Å²) >= 11 is 3.33. The van der Waals surface area contributed by atoms with Crippen molar-refractivity contribution >= 4 is 34.0 Å². The molecule has 0 aromatic heterocycles. The van der Waals surface area contributed by atoms with Gasteiger partial charge in [-0.05, 0) is 89.1 Å². The lowest BCUT2D eigenvalue weighted by Gasteiger charge is -2.06. The molecule has 0 fully saturated rings. The standard InChI is InChI=1S/C23H19BrN2O4/c1-2-29-18-13-9-17(10-14-18)22(27)26-25-15-16-7-11-19(12-8-16)30-23(28)20-5-3-4-6-21(20)24/h3-15H,2H2,1H3,(H,26,27)/b25-15+. The largest absolute Gasteiger partial charge is 0.494 e. The van der Waals surface area contributed by atoms with E-state index in [9.17, 15) is 9.59 Å². The van der Waals surface area contributed by atoms with Crippen molar-refractivity contribution in [3.05, 3.63) is 94.0 Å². The number of hydrogen-bond acceptors (Lipinski definition) is 5. The van der Waals surface area contributed by atoms with Gasteiger partial charge in [-0.3, -0.25) is 4.79 Å². The van der Waals surface area contributed by atoms with E-state index in [4.69, 9.17) is 9.47 Å². The van der Waals surface area contributed by atoms with Crippen LogP contribution in [0.15, 0.2) is 82.4 Å². The Kier molecular flexibility index (Phi) is 7.34. The number of benzene rings is 3. The molecule has 0 aliphatic heterocycles. The molecule has 152 valence electrons. The summed E-state index contributed by atoms with van der Waals surface area (Å²) in [4.78, 5) is 24.3. The summed E-state index contributed by atoms with van der Waals surface area (Å²) < 4.78 is 11.4. The van der Waals surface area contributed by atoms with Gasteiger partial charge >= 0.3 is 5.97 Å². The highest BCUT2D eigenvalue weighted by atomic mass is 79.9. The maximum Gasteiger partial charge on any atom is 0.344 e. The van der Waals surface area contributed by atoms with Crippen LogP contribution in [-0.4, -0.2) is 24.7 Å². The number of hydrogen-bond donors (Lipinski definition) is 1. The SMILES string of the molecule is CCOc1ccc(C(=O)N/N=C/c2ccc(OC(=O)c3ccccc3Br)cc2)cc1. The average Bonchev–Trinajstić information content (AvgIpc) is 2.76. The molecule has 30 heavy (non-hydrogen) atoms. The first-order chi connectivity index (χ1) is 14.6. The maximum atomic E-state index is 12.2. The number of carbonyl (C=O) groups is 2. The first kappa shape index (κ1) is 21.3. The van der Waals surface area contributed by atoms with E-state index < -0.39 is 5.97 Å². The lowest BCUT2D eigenvalue weighted by molar-refractivity contribution is 0.0733. The first-order valence-corrected chi connectivity index (χ1v) is 9.99. The molecular weight excluding hydrogens is 448 g/mol. The predicted molar refractivity (Wildman–Crippen MR) is 118 cm³/mol. The summed E-state index contributed by atoms with van der Waals surface area (Å²) in [5, 5.41) is 3.96. The summed E-state index contributed by atoms with van der Waals surface area (Å²) in [7, 11) is 0. The van der Waals surface area contributed by atoms with Gasteiger partial charge in [-0.2, -0.15) is 5.10 Å². The van der Waals surface area contributed by atoms with E-state index in [1.165, 1.54) is 6.21 Å². The Morgan fingerprint density at radius 1 is 0.967 bits per heavy atom. The Bertz CT molecular complexity index is 1050. The van der Waals surface area contributed by atoms with Gasteiger partial charge in [0.2, 0.25) is 0 Å². The minimum Gasteiger partial charge on any atom is -0.494 e. The summed E-state index contributed by atoms with van der Waals surface area (Å²) in [5.74, 6) is 0.337. The minimum atomic E-state index is -0.452. The molecule has 0 saturated carbocycles. The fourth-order valence-corrected chi connectivity index (χ4v) is 2.96. The van der Waals surface area contributed by atoms with Crippen LogP contribution >= 0.6 is 15.9 Å². The van der Waals surface area contributed by atoms with Crippen LogP contribution in [0.25, 0.3) is 0 Å². The second-order valence-electron chi connectivity index (χ2n) is 6.09. The fraction of sp³-hybridized carbons (Fsp3) is 0.0870. The summed E-state index contributed by atoms with van der Waals surface area (Å²) in [6, 6.07) is 20.6. The molecule has 0 atom stereocenters. The van der Waals surface area contributed by atoms with Crippen LogP contribution in [0.4, 0.5) is 0 Å². The van der Waals surface area contributed by atoms with Crippen molar-refractivity contribution in [1.82, 2.24) is 5.43 Å². The molecule has 0 bridgehead atoms. The molecule has 0 unspecified atom stereocenters. The fourth-order valence-electron chi connectivity index (χ4n) is 2.51. The second-order valence-corrected chi connectivity index (χ2v) is 6.95. The Hall–Kier alpha value is -3.45. The monoisotopic (exact) mass is 466 g/mol. The van der Waals surface area contributed by atoms with Crippen molar-refractivity contribution in [1.29, 1.82) is 0 Å². The highest BCUT2D eigenvalue weighted by Gasteiger charge is 2.11. The van der Waals surface area contributed by atoms with Gasteiger partial charge in [0.15, 0.2) is 0 Å². The van der Waals surface area contributed by atoms with Crippen LogP contribution < -0.4 is 14.9 Å². The van der Waals surface area contributed by atoms with E-state index in [1.807, 2.05) is 13.0 Å². The van der Waals surface area contributed by atoms with Crippen molar-refractivity contribution in [2.24, 2.45) is 5.10 Å². The third-order valence-electron chi connectivity index (χ3n) is 3.99. The third kappa shape index (κ3) is 5.78. The molecular formula is C23H19BrN2O4. The number of ether oxygens (including phenoxy) is 2. The topological polar surface area (TPSA) is 77.0 Å². The third-order valence-corrected chi connectivity index (χ3v) is 4.68. The number of rotatable bonds is 7. The number of amides is 1. The van der Waals surface area contributed by atoms with Gasteiger partial charge < -0.3 is 9.47 Å². The molecule has 0 aliphatic rings. The minimum absolute atomic E-state index is 0.326. The quantitative estimate of drug-likeness (QED) is 0.234. The van der Waals surface area contributed by atoms with E-state index in [2.05, 4.69) is 26.5 Å². The normalized spacial score (nSPS) is 10.6. The molecule has 0 spiro atoms. The molecule has 3 rings (SSSR count). The summed E-state index contributed by atoms with van der Waals surface area (Å²) in [6.45, 7) is 2.46. The lowest BCUT2D eigenvalue weighted by atomic mass is 10.2. The zero-order valence-corrected chi connectivity index (χ0v) is 17.8. The Balaban J connectivity index is 1.54.